The van der Waals surface area contributed by atoms with E-state index in [1.807, 2.05) is 0 Å². The first-order valence-electron chi connectivity index (χ1n) is 3.05. The molecule has 0 unspecified atom stereocenters. The van der Waals surface area contributed by atoms with Crippen LogP contribution in [-0.2, 0) is 10.1 Å². The minimum Gasteiger partial charge on any atom is -0.396 e. The van der Waals surface area contributed by atoms with Gasteiger partial charge in [0.05, 0.1) is 15.7 Å². The van der Waals surface area contributed by atoms with Crippen LogP contribution in [0.5, 0.6) is 0 Å². The van der Waals surface area contributed by atoms with Gasteiger partial charge in [-0.25, -0.2) is 0 Å². The number of nitrogens with two attached hydrogens (primary N) is 1. The number of anilines is 1. The lowest BCUT2D eigenvalue weighted by molar-refractivity contribution is 0.483. The molecule has 0 bridgehead atoms. The summed E-state index contributed by atoms with van der Waals surface area (Å²) in [6, 6.07) is 2.58. The molecule has 1 rings (SSSR count). The van der Waals surface area contributed by atoms with E-state index in [1.165, 1.54) is 12.1 Å². The molecule has 0 aliphatic carbocycles. The number of rotatable bonds is 1. The molecule has 0 heterocycles. The zero-order valence-electron chi connectivity index (χ0n) is 6.16. The van der Waals surface area contributed by atoms with Gasteiger partial charge in [0.1, 0.15) is 4.90 Å². The van der Waals surface area contributed by atoms with Gasteiger partial charge in [-0.2, -0.15) is 8.42 Å². The van der Waals surface area contributed by atoms with Crippen molar-refractivity contribution in [3.05, 3.63) is 22.2 Å². The van der Waals surface area contributed by atoms with E-state index in [-0.39, 0.29) is 15.7 Å². The molecule has 0 amide bonds. The summed E-state index contributed by atoms with van der Waals surface area (Å²) in [7, 11) is -4.43. The standard InChI is InChI=1S/C6H5Cl2NO3S/c7-3-1-2-4(8)6(5(3)9)13(10,11)12/h1-2H,9H2,(H,10,11,12). The normalized spacial score (nSPS) is 11.6. The highest BCUT2D eigenvalue weighted by Crippen LogP contribution is 2.32. The third kappa shape index (κ3) is 2.05. The van der Waals surface area contributed by atoms with Crippen LogP contribution in [0.4, 0.5) is 5.69 Å². The molecule has 7 heteroatoms. The highest BCUT2D eigenvalue weighted by Gasteiger charge is 2.19. The molecule has 0 atom stereocenters. The molecule has 3 N–H and O–H groups in total. The van der Waals surface area contributed by atoms with Gasteiger partial charge in [-0.15, -0.1) is 0 Å². The molecule has 0 aromatic heterocycles. The minimum atomic E-state index is -4.43. The maximum Gasteiger partial charge on any atom is 0.298 e. The van der Waals surface area contributed by atoms with Crippen LogP contribution in [-0.4, -0.2) is 13.0 Å². The Labute approximate surface area is 85.0 Å². The molecule has 0 radical (unpaired) electrons. The first-order valence-corrected chi connectivity index (χ1v) is 5.24. The zero-order valence-corrected chi connectivity index (χ0v) is 8.49. The minimum absolute atomic E-state index is 0.0250. The van der Waals surface area contributed by atoms with Crippen molar-refractivity contribution in [2.75, 3.05) is 5.73 Å². The highest BCUT2D eigenvalue weighted by atomic mass is 35.5. The Balaban J connectivity index is 3.62. The Kier molecular flexibility index (Phi) is 2.72. The molecule has 13 heavy (non-hydrogen) atoms. The lowest BCUT2D eigenvalue weighted by atomic mass is 10.3. The van der Waals surface area contributed by atoms with E-state index < -0.39 is 15.0 Å². The molecular weight excluding hydrogens is 237 g/mol. The Morgan fingerprint density at radius 3 is 2.08 bits per heavy atom. The third-order valence-corrected chi connectivity index (χ3v) is 3.07. The fourth-order valence-corrected chi connectivity index (χ4v) is 2.18. The first kappa shape index (κ1) is 10.6. The van der Waals surface area contributed by atoms with Gasteiger partial charge in [0.25, 0.3) is 10.1 Å². The van der Waals surface area contributed by atoms with Gasteiger partial charge < -0.3 is 5.73 Å². The molecule has 0 fully saturated rings. The summed E-state index contributed by atoms with van der Waals surface area (Å²) in [5.74, 6) is 0. The predicted octanol–water partition coefficient (Wildman–Crippen LogP) is 1.82. The van der Waals surface area contributed by atoms with Crippen LogP contribution in [0.15, 0.2) is 17.0 Å². The molecule has 0 spiro atoms. The Hall–Kier alpha value is -0.490. The number of halogens is 2. The quantitative estimate of drug-likeness (QED) is 0.581. The SMILES string of the molecule is Nc1c(Cl)ccc(Cl)c1S(=O)(=O)O. The van der Waals surface area contributed by atoms with Crippen molar-refractivity contribution in [3.8, 4) is 0 Å². The van der Waals surface area contributed by atoms with E-state index in [0.29, 0.717) is 0 Å². The van der Waals surface area contributed by atoms with Crippen molar-refractivity contribution < 1.29 is 13.0 Å². The average molecular weight is 242 g/mol. The molecule has 0 aliphatic rings. The van der Waals surface area contributed by atoms with Crippen molar-refractivity contribution in [2.45, 2.75) is 4.90 Å². The van der Waals surface area contributed by atoms with E-state index in [1.54, 1.807) is 0 Å². The van der Waals surface area contributed by atoms with Gasteiger partial charge >= 0.3 is 0 Å². The summed E-state index contributed by atoms with van der Waals surface area (Å²) >= 11 is 11.0. The van der Waals surface area contributed by atoms with E-state index in [4.69, 9.17) is 33.5 Å². The summed E-state index contributed by atoms with van der Waals surface area (Å²) in [6.45, 7) is 0. The van der Waals surface area contributed by atoms with Crippen molar-refractivity contribution in [1.29, 1.82) is 0 Å². The van der Waals surface area contributed by atoms with Crippen LogP contribution < -0.4 is 5.73 Å². The van der Waals surface area contributed by atoms with Crippen LogP contribution in [0.25, 0.3) is 0 Å². The monoisotopic (exact) mass is 241 g/mol. The number of hydrogen-bond acceptors (Lipinski definition) is 3. The number of hydrogen-bond donors (Lipinski definition) is 2. The van der Waals surface area contributed by atoms with E-state index in [2.05, 4.69) is 0 Å². The first-order chi connectivity index (χ1) is 5.84. The summed E-state index contributed by atoms with van der Waals surface area (Å²) in [6.07, 6.45) is 0. The highest BCUT2D eigenvalue weighted by molar-refractivity contribution is 7.86. The van der Waals surface area contributed by atoms with Crippen molar-refractivity contribution in [1.82, 2.24) is 0 Å². The van der Waals surface area contributed by atoms with Gasteiger partial charge in [-0.05, 0) is 12.1 Å². The lowest BCUT2D eigenvalue weighted by Crippen LogP contribution is -2.04. The molecular formula is C6H5Cl2NO3S. The Morgan fingerprint density at radius 1 is 1.23 bits per heavy atom. The van der Waals surface area contributed by atoms with E-state index in [0.717, 1.165) is 0 Å². The van der Waals surface area contributed by atoms with Gasteiger partial charge in [-0.1, -0.05) is 23.2 Å². The molecule has 1 aromatic carbocycles. The van der Waals surface area contributed by atoms with Crippen LogP contribution in [0, 0.1) is 0 Å². The molecule has 1 aromatic rings. The summed E-state index contributed by atoms with van der Waals surface area (Å²) < 4.78 is 30.2. The second-order valence-electron chi connectivity index (χ2n) is 2.25. The van der Waals surface area contributed by atoms with Gasteiger partial charge in [0.2, 0.25) is 0 Å². The maximum atomic E-state index is 10.8. The third-order valence-electron chi connectivity index (χ3n) is 1.35. The van der Waals surface area contributed by atoms with Crippen molar-refractivity contribution in [2.24, 2.45) is 0 Å². The maximum absolute atomic E-state index is 10.8. The van der Waals surface area contributed by atoms with Crippen LogP contribution in [0.2, 0.25) is 10.0 Å². The summed E-state index contributed by atoms with van der Waals surface area (Å²) in [5.41, 5.74) is 5.06. The smallest absolute Gasteiger partial charge is 0.298 e. The van der Waals surface area contributed by atoms with E-state index >= 15 is 0 Å². The number of nitrogen functional groups attached to an aromatic ring is 1. The largest absolute Gasteiger partial charge is 0.396 e. The van der Waals surface area contributed by atoms with Gasteiger partial charge in [-0.3, -0.25) is 4.55 Å². The van der Waals surface area contributed by atoms with Gasteiger partial charge in [0.15, 0.2) is 0 Å². The van der Waals surface area contributed by atoms with E-state index in [9.17, 15) is 8.42 Å². The molecule has 72 valence electrons. The van der Waals surface area contributed by atoms with Crippen LogP contribution in [0.3, 0.4) is 0 Å². The molecule has 0 saturated carbocycles. The molecule has 4 nitrogen and oxygen atoms in total. The second-order valence-corrected chi connectivity index (χ2v) is 4.42. The Bertz CT molecular complexity index is 443. The lowest BCUT2D eigenvalue weighted by Gasteiger charge is -2.05. The number of benzene rings is 1. The Morgan fingerprint density at radius 2 is 1.69 bits per heavy atom. The van der Waals surface area contributed by atoms with Gasteiger partial charge in [0, 0.05) is 0 Å². The van der Waals surface area contributed by atoms with Crippen LogP contribution >= 0.6 is 23.2 Å². The van der Waals surface area contributed by atoms with Crippen LogP contribution in [0.1, 0.15) is 0 Å². The van der Waals surface area contributed by atoms with Crippen molar-refractivity contribution >= 4 is 39.0 Å². The predicted molar refractivity (Wildman–Crippen MR) is 50.7 cm³/mol. The molecule has 0 saturated heterocycles. The fourth-order valence-electron chi connectivity index (χ4n) is 0.811. The fraction of sp³-hybridized carbons (Fsp3) is 0. The molecule has 0 aliphatic heterocycles. The summed E-state index contributed by atoms with van der Waals surface area (Å²) in [4.78, 5) is -0.554. The topological polar surface area (TPSA) is 80.4 Å². The second kappa shape index (κ2) is 3.34. The zero-order chi connectivity index (χ0) is 10.2. The average Bonchev–Trinajstić information content (AvgIpc) is 1.95. The van der Waals surface area contributed by atoms with Crippen molar-refractivity contribution in [3.63, 3.8) is 0 Å². The summed E-state index contributed by atoms with van der Waals surface area (Å²) in [5, 5.41) is -0.138.